The number of urea groups is 1. The van der Waals surface area contributed by atoms with Crippen LogP contribution in [0.3, 0.4) is 0 Å². The molecule has 0 aliphatic carbocycles. The molecule has 0 saturated carbocycles. The smallest absolute Gasteiger partial charge is 0.321 e. The van der Waals surface area contributed by atoms with Gasteiger partial charge in [0.25, 0.3) is 0 Å². The van der Waals surface area contributed by atoms with Crippen molar-refractivity contribution in [1.82, 2.24) is 10.6 Å². The van der Waals surface area contributed by atoms with Crippen molar-refractivity contribution in [3.05, 3.63) is 30.3 Å². The van der Waals surface area contributed by atoms with Gasteiger partial charge in [0.05, 0.1) is 12.5 Å². The van der Waals surface area contributed by atoms with Crippen LogP contribution in [-0.2, 0) is 4.79 Å². The number of nitriles is 1. The maximum absolute atomic E-state index is 12.0. The minimum absolute atomic E-state index is 0.298. The summed E-state index contributed by atoms with van der Waals surface area (Å²) < 4.78 is 0. The SMILES string of the molecule is CNC(=O)NC(=O)C(C)N(CCC#N)c1ccccc1. The largest absolute Gasteiger partial charge is 0.359 e. The van der Waals surface area contributed by atoms with E-state index in [0.29, 0.717) is 13.0 Å². The zero-order chi connectivity index (χ0) is 15.0. The van der Waals surface area contributed by atoms with Crippen LogP contribution < -0.4 is 15.5 Å². The molecule has 0 fully saturated rings. The number of carbonyl (C=O) groups is 2. The van der Waals surface area contributed by atoms with Gasteiger partial charge in [-0.25, -0.2) is 4.79 Å². The van der Waals surface area contributed by atoms with E-state index < -0.39 is 18.0 Å². The lowest BCUT2D eigenvalue weighted by Crippen LogP contribution is -2.49. The summed E-state index contributed by atoms with van der Waals surface area (Å²) in [7, 11) is 1.44. The molecule has 0 bridgehead atoms. The van der Waals surface area contributed by atoms with Gasteiger partial charge in [0.1, 0.15) is 6.04 Å². The Hall–Kier alpha value is -2.55. The summed E-state index contributed by atoms with van der Waals surface area (Å²) >= 11 is 0. The molecule has 0 heterocycles. The molecule has 1 aromatic rings. The molecular formula is C14H18N4O2. The molecule has 0 spiro atoms. The van der Waals surface area contributed by atoms with Crippen molar-refractivity contribution in [3.63, 3.8) is 0 Å². The Kier molecular flexibility index (Phi) is 6.04. The number of imide groups is 1. The highest BCUT2D eigenvalue weighted by Gasteiger charge is 2.22. The molecule has 0 saturated heterocycles. The lowest BCUT2D eigenvalue weighted by molar-refractivity contribution is -0.121. The average molecular weight is 274 g/mol. The van der Waals surface area contributed by atoms with Crippen LogP contribution in [0.25, 0.3) is 0 Å². The van der Waals surface area contributed by atoms with Gasteiger partial charge in [0, 0.05) is 19.3 Å². The minimum atomic E-state index is -0.553. The zero-order valence-corrected chi connectivity index (χ0v) is 11.6. The van der Waals surface area contributed by atoms with Crippen molar-refractivity contribution in [2.45, 2.75) is 19.4 Å². The highest BCUT2D eigenvalue weighted by Crippen LogP contribution is 2.16. The predicted molar refractivity (Wildman–Crippen MR) is 76.1 cm³/mol. The third-order valence-corrected chi connectivity index (χ3v) is 2.86. The maximum atomic E-state index is 12.0. The van der Waals surface area contributed by atoms with Crippen LogP contribution in [0.15, 0.2) is 30.3 Å². The summed E-state index contributed by atoms with van der Waals surface area (Å²) in [5.74, 6) is -0.411. The monoisotopic (exact) mass is 274 g/mol. The molecular weight excluding hydrogens is 256 g/mol. The van der Waals surface area contributed by atoms with Gasteiger partial charge in [-0.05, 0) is 19.1 Å². The first-order chi connectivity index (χ1) is 9.60. The van der Waals surface area contributed by atoms with Crippen LogP contribution in [0, 0.1) is 11.3 Å². The second-order valence-electron chi connectivity index (χ2n) is 4.18. The summed E-state index contributed by atoms with van der Waals surface area (Å²) in [6.45, 7) is 2.12. The van der Waals surface area contributed by atoms with E-state index in [1.165, 1.54) is 7.05 Å². The molecule has 0 aliphatic rings. The van der Waals surface area contributed by atoms with Gasteiger partial charge in [-0.1, -0.05) is 18.2 Å². The van der Waals surface area contributed by atoms with Crippen LogP contribution in [0.4, 0.5) is 10.5 Å². The lowest BCUT2D eigenvalue weighted by Gasteiger charge is -2.29. The summed E-state index contributed by atoms with van der Waals surface area (Å²) in [4.78, 5) is 25.0. The third-order valence-electron chi connectivity index (χ3n) is 2.86. The Morgan fingerprint density at radius 1 is 1.35 bits per heavy atom. The van der Waals surface area contributed by atoms with E-state index in [1.807, 2.05) is 30.3 Å². The van der Waals surface area contributed by atoms with Gasteiger partial charge in [-0.15, -0.1) is 0 Å². The molecule has 0 aliphatic heterocycles. The van der Waals surface area contributed by atoms with E-state index in [1.54, 1.807) is 11.8 Å². The highest BCUT2D eigenvalue weighted by atomic mass is 16.2. The number of amides is 3. The van der Waals surface area contributed by atoms with Crippen LogP contribution >= 0.6 is 0 Å². The number of carbonyl (C=O) groups excluding carboxylic acids is 2. The van der Waals surface area contributed by atoms with Crippen molar-refractivity contribution in [3.8, 4) is 6.07 Å². The first-order valence-electron chi connectivity index (χ1n) is 6.31. The Morgan fingerprint density at radius 2 is 2.00 bits per heavy atom. The summed E-state index contributed by atoms with van der Waals surface area (Å²) in [6, 6.07) is 10.3. The Bertz CT molecular complexity index is 496. The van der Waals surface area contributed by atoms with E-state index in [2.05, 4.69) is 16.7 Å². The lowest BCUT2D eigenvalue weighted by atomic mass is 10.2. The van der Waals surface area contributed by atoms with E-state index in [0.717, 1.165) is 5.69 Å². The molecule has 6 heteroatoms. The Balaban J connectivity index is 2.85. The first-order valence-corrected chi connectivity index (χ1v) is 6.31. The molecule has 1 rings (SSSR count). The number of nitrogens with zero attached hydrogens (tertiary/aromatic N) is 2. The molecule has 1 atom stereocenters. The highest BCUT2D eigenvalue weighted by molar-refractivity contribution is 5.98. The van der Waals surface area contributed by atoms with Crippen molar-refractivity contribution >= 4 is 17.6 Å². The Morgan fingerprint density at radius 3 is 2.55 bits per heavy atom. The number of nitrogens with one attached hydrogen (secondary N) is 2. The topological polar surface area (TPSA) is 85.2 Å². The number of anilines is 1. The van der Waals surface area contributed by atoms with Crippen LogP contribution in [0.2, 0.25) is 0 Å². The van der Waals surface area contributed by atoms with E-state index in [-0.39, 0.29) is 0 Å². The van der Waals surface area contributed by atoms with Crippen molar-refractivity contribution in [1.29, 1.82) is 5.26 Å². The molecule has 1 unspecified atom stereocenters. The number of benzene rings is 1. The molecule has 3 amide bonds. The Labute approximate surface area is 118 Å². The first kappa shape index (κ1) is 15.5. The summed E-state index contributed by atoms with van der Waals surface area (Å²) in [6.07, 6.45) is 0.298. The van der Waals surface area contributed by atoms with E-state index in [4.69, 9.17) is 5.26 Å². The number of hydrogen-bond donors (Lipinski definition) is 2. The fourth-order valence-corrected chi connectivity index (χ4v) is 1.76. The minimum Gasteiger partial charge on any atom is -0.359 e. The van der Waals surface area contributed by atoms with Gasteiger partial charge >= 0.3 is 6.03 Å². The quantitative estimate of drug-likeness (QED) is 0.846. The molecule has 106 valence electrons. The van der Waals surface area contributed by atoms with Gasteiger partial charge in [0.15, 0.2) is 0 Å². The van der Waals surface area contributed by atoms with Gasteiger partial charge < -0.3 is 10.2 Å². The summed E-state index contributed by atoms with van der Waals surface area (Å²) in [5.41, 5.74) is 0.835. The van der Waals surface area contributed by atoms with Crippen molar-refractivity contribution in [2.24, 2.45) is 0 Å². The maximum Gasteiger partial charge on any atom is 0.321 e. The molecule has 0 aromatic heterocycles. The molecule has 2 N–H and O–H groups in total. The normalized spacial score (nSPS) is 11.1. The standard InChI is InChI=1S/C14H18N4O2/c1-11(13(19)17-14(20)16-2)18(10-6-9-15)12-7-4-3-5-8-12/h3-5,7-8,11H,6,10H2,1-2H3,(H2,16,17,19,20). The number of hydrogen-bond acceptors (Lipinski definition) is 4. The average Bonchev–Trinajstić information content (AvgIpc) is 2.48. The van der Waals surface area contributed by atoms with Gasteiger partial charge in [-0.2, -0.15) is 5.26 Å². The fraction of sp³-hybridized carbons (Fsp3) is 0.357. The fourth-order valence-electron chi connectivity index (χ4n) is 1.76. The zero-order valence-electron chi connectivity index (χ0n) is 11.6. The molecule has 20 heavy (non-hydrogen) atoms. The van der Waals surface area contributed by atoms with Crippen LogP contribution in [-0.4, -0.2) is 31.6 Å². The second-order valence-corrected chi connectivity index (χ2v) is 4.18. The van der Waals surface area contributed by atoms with Gasteiger partial charge in [0.2, 0.25) is 5.91 Å². The molecule has 1 aromatic carbocycles. The number of rotatable bonds is 5. The number of para-hydroxylation sites is 1. The molecule has 0 radical (unpaired) electrons. The predicted octanol–water partition coefficient (Wildman–Crippen LogP) is 1.25. The van der Waals surface area contributed by atoms with E-state index >= 15 is 0 Å². The second kappa shape index (κ2) is 7.79. The van der Waals surface area contributed by atoms with E-state index in [9.17, 15) is 9.59 Å². The third kappa shape index (κ3) is 4.28. The summed E-state index contributed by atoms with van der Waals surface area (Å²) in [5, 5.41) is 13.3. The molecule has 6 nitrogen and oxygen atoms in total. The van der Waals surface area contributed by atoms with Crippen molar-refractivity contribution in [2.75, 3.05) is 18.5 Å². The van der Waals surface area contributed by atoms with Gasteiger partial charge in [-0.3, -0.25) is 10.1 Å². The van der Waals surface area contributed by atoms with Crippen molar-refractivity contribution < 1.29 is 9.59 Å². The van der Waals surface area contributed by atoms with Crippen LogP contribution in [0.1, 0.15) is 13.3 Å². The van der Waals surface area contributed by atoms with Crippen LogP contribution in [0.5, 0.6) is 0 Å².